The summed E-state index contributed by atoms with van der Waals surface area (Å²) in [6, 6.07) is 13.0. The van der Waals surface area contributed by atoms with Gasteiger partial charge in [-0.3, -0.25) is 4.90 Å². The number of benzene rings is 2. The maximum Gasteiger partial charge on any atom is 0.335 e. The summed E-state index contributed by atoms with van der Waals surface area (Å²) in [6.45, 7) is 2.69. The summed E-state index contributed by atoms with van der Waals surface area (Å²) in [6.07, 6.45) is 0. The summed E-state index contributed by atoms with van der Waals surface area (Å²) >= 11 is 5.91. The van der Waals surface area contributed by atoms with Crippen LogP contribution >= 0.6 is 11.6 Å². The lowest BCUT2D eigenvalue weighted by molar-refractivity contribution is 0.0697. The molecule has 3 rings (SSSR count). The first-order valence-electron chi connectivity index (χ1n) is 8.16. The summed E-state index contributed by atoms with van der Waals surface area (Å²) in [4.78, 5) is 13.3. The van der Waals surface area contributed by atoms with Crippen LogP contribution in [0.4, 0.5) is 0 Å². The van der Waals surface area contributed by atoms with Crippen LogP contribution in [0.2, 0.25) is 5.02 Å². The summed E-state index contributed by atoms with van der Waals surface area (Å²) in [5, 5.41) is 9.33. The molecule has 0 unspecified atom stereocenters. The van der Waals surface area contributed by atoms with Gasteiger partial charge in [-0.2, -0.15) is 4.31 Å². The third-order valence-electron chi connectivity index (χ3n) is 4.37. The van der Waals surface area contributed by atoms with Crippen molar-refractivity contribution in [2.24, 2.45) is 0 Å². The molecule has 0 atom stereocenters. The predicted molar refractivity (Wildman–Crippen MR) is 98.9 cm³/mol. The number of carboxylic acids is 1. The lowest BCUT2D eigenvalue weighted by Gasteiger charge is -2.34. The average Bonchev–Trinajstić information content (AvgIpc) is 2.62. The zero-order valence-electron chi connectivity index (χ0n) is 14.0. The molecule has 1 saturated heterocycles. The van der Waals surface area contributed by atoms with Crippen LogP contribution < -0.4 is 0 Å². The highest BCUT2D eigenvalue weighted by atomic mass is 35.5. The average molecular weight is 395 g/mol. The monoisotopic (exact) mass is 394 g/mol. The molecule has 6 nitrogen and oxygen atoms in total. The molecule has 0 saturated carbocycles. The van der Waals surface area contributed by atoms with Gasteiger partial charge in [0.2, 0.25) is 10.0 Å². The fourth-order valence-corrected chi connectivity index (χ4v) is 4.64. The van der Waals surface area contributed by atoms with E-state index in [1.54, 1.807) is 42.5 Å². The highest BCUT2D eigenvalue weighted by molar-refractivity contribution is 7.89. The molecule has 2 aromatic rings. The number of carbonyl (C=O) groups is 1. The molecule has 8 heteroatoms. The Balaban J connectivity index is 1.61. The molecular formula is C18H19ClN2O4S. The first-order valence-corrected chi connectivity index (χ1v) is 9.98. The van der Waals surface area contributed by atoms with E-state index < -0.39 is 16.0 Å². The largest absolute Gasteiger partial charge is 0.478 e. The smallest absolute Gasteiger partial charge is 0.335 e. The Bertz CT molecular complexity index is 892. The van der Waals surface area contributed by atoms with Crippen LogP contribution in [0.1, 0.15) is 15.9 Å². The van der Waals surface area contributed by atoms with E-state index in [4.69, 9.17) is 16.7 Å². The zero-order valence-corrected chi connectivity index (χ0v) is 15.6. The SMILES string of the molecule is O=C(O)c1ccc(CN2CCN(S(=O)(=O)c3cccc(Cl)c3)CC2)cc1. The summed E-state index contributed by atoms with van der Waals surface area (Å²) in [5.41, 5.74) is 1.26. The minimum Gasteiger partial charge on any atom is -0.478 e. The molecule has 1 N–H and O–H groups in total. The first kappa shape index (κ1) is 18.8. The number of aromatic carboxylic acids is 1. The minimum atomic E-state index is -3.54. The van der Waals surface area contributed by atoms with E-state index in [0.717, 1.165) is 5.56 Å². The van der Waals surface area contributed by atoms with E-state index >= 15 is 0 Å². The van der Waals surface area contributed by atoms with Gasteiger partial charge in [-0.1, -0.05) is 29.8 Å². The van der Waals surface area contributed by atoms with Gasteiger partial charge in [0.1, 0.15) is 0 Å². The van der Waals surface area contributed by atoms with Gasteiger partial charge in [0.15, 0.2) is 0 Å². The number of nitrogens with zero attached hydrogens (tertiary/aromatic N) is 2. The number of carboxylic acid groups (broad SMARTS) is 1. The third-order valence-corrected chi connectivity index (χ3v) is 6.50. The van der Waals surface area contributed by atoms with Crippen LogP contribution in [0.5, 0.6) is 0 Å². The molecule has 0 radical (unpaired) electrons. The number of piperazine rings is 1. The van der Waals surface area contributed by atoms with Crippen molar-refractivity contribution in [2.45, 2.75) is 11.4 Å². The number of hydrogen-bond acceptors (Lipinski definition) is 4. The number of hydrogen-bond donors (Lipinski definition) is 1. The van der Waals surface area contributed by atoms with Gasteiger partial charge in [-0.15, -0.1) is 0 Å². The minimum absolute atomic E-state index is 0.211. The Morgan fingerprint density at radius 3 is 2.27 bits per heavy atom. The van der Waals surface area contributed by atoms with Crippen LogP contribution in [0.3, 0.4) is 0 Å². The van der Waals surface area contributed by atoms with Crippen molar-refractivity contribution in [2.75, 3.05) is 26.2 Å². The van der Waals surface area contributed by atoms with Gasteiger partial charge in [0.05, 0.1) is 10.5 Å². The van der Waals surface area contributed by atoms with Gasteiger partial charge in [-0.25, -0.2) is 13.2 Å². The predicted octanol–water partition coefficient (Wildman–Crippen LogP) is 2.54. The van der Waals surface area contributed by atoms with Gasteiger partial charge in [-0.05, 0) is 35.9 Å². The van der Waals surface area contributed by atoms with Gasteiger partial charge >= 0.3 is 5.97 Å². The summed E-state index contributed by atoms with van der Waals surface area (Å²) < 4.78 is 26.9. The van der Waals surface area contributed by atoms with Crippen molar-refractivity contribution in [1.29, 1.82) is 0 Å². The lowest BCUT2D eigenvalue weighted by atomic mass is 10.1. The fraction of sp³-hybridized carbons (Fsp3) is 0.278. The van der Waals surface area contributed by atoms with E-state index in [9.17, 15) is 13.2 Å². The molecule has 0 aliphatic carbocycles. The van der Waals surface area contributed by atoms with E-state index in [1.807, 2.05) is 0 Å². The standard InChI is InChI=1S/C18H19ClN2O4S/c19-16-2-1-3-17(12-16)26(24,25)21-10-8-20(9-11-21)13-14-4-6-15(7-5-14)18(22)23/h1-7,12H,8-11,13H2,(H,22,23). The third kappa shape index (κ3) is 4.24. The second-order valence-electron chi connectivity index (χ2n) is 6.14. The molecule has 1 fully saturated rings. The maximum absolute atomic E-state index is 12.7. The Hall–Kier alpha value is -1.93. The molecule has 1 aliphatic heterocycles. The molecule has 0 amide bonds. The molecule has 26 heavy (non-hydrogen) atoms. The highest BCUT2D eigenvalue weighted by Crippen LogP contribution is 2.21. The quantitative estimate of drug-likeness (QED) is 0.843. The van der Waals surface area contributed by atoms with E-state index in [0.29, 0.717) is 37.7 Å². The van der Waals surface area contributed by atoms with Crippen LogP contribution in [-0.2, 0) is 16.6 Å². The lowest BCUT2D eigenvalue weighted by Crippen LogP contribution is -2.48. The molecule has 1 aliphatic rings. The second kappa shape index (κ2) is 7.75. The number of halogens is 1. The highest BCUT2D eigenvalue weighted by Gasteiger charge is 2.28. The van der Waals surface area contributed by atoms with E-state index in [1.165, 1.54) is 10.4 Å². The van der Waals surface area contributed by atoms with E-state index in [2.05, 4.69) is 4.90 Å². The summed E-state index contributed by atoms with van der Waals surface area (Å²) in [7, 11) is -3.54. The van der Waals surface area contributed by atoms with E-state index in [-0.39, 0.29) is 10.5 Å². The first-order chi connectivity index (χ1) is 12.4. The zero-order chi connectivity index (χ0) is 18.7. The van der Waals surface area contributed by atoms with Crippen LogP contribution in [-0.4, -0.2) is 54.9 Å². The van der Waals surface area contributed by atoms with Crippen molar-refractivity contribution in [3.05, 3.63) is 64.7 Å². The molecular weight excluding hydrogens is 376 g/mol. The van der Waals surface area contributed by atoms with Crippen LogP contribution in [0.25, 0.3) is 0 Å². The van der Waals surface area contributed by atoms with Gasteiger partial charge in [0, 0.05) is 37.7 Å². The topological polar surface area (TPSA) is 77.9 Å². The van der Waals surface area contributed by atoms with Crippen LogP contribution in [0, 0.1) is 0 Å². The number of sulfonamides is 1. The Morgan fingerprint density at radius 2 is 1.69 bits per heavy atom. The number of rotatable bonds is 5. The molecule has 0 spiro atoms. The molecule has 0 bridgehead atoms. The van der Waals surface area contributed by atoms with Crippen molar-refractivity contribution in [1.82, 2.24) is 9.21 Å². The molecule has 0 aromatic heterocycles. The summed E-state index contributed by atoms with van der Waals surface area (Å²) in [5.74, 6) is -0.948. The Labute approximate surface area is 157 Å². The fourth-order valence-electron chi connectivity index (χ4n) is 2.92. The normalized spacial score (nSPS) is 16.5. The van der Waals surface area contributed by atoms with Crippen molar-refractivity contribution >= 4 is 27.6 Å². The molecule has 2 aromatic carbocycles. The van der Waals surface area contributed by atoms with Crippen LogP contribution in [0.15, 0.2) is 53.4 Å². The Kier molecular flexibility index (Phi) is 5.62. The molecule has 138 valence electrons. The van der Waals surface area contributed by atoms with Crippen molar-refractivity contribution in [3.63, 3.8) is 0 Å². The molecule has 1 heterocycles. The van der Waals surface area contributed by atoms with Gasteiger partial charge < -0.3 is 5.11 Å². The van der Waals surface area contributed by atoms with Crippen molar-refractivity contribution in [3.8, 4) is 0 Å². The Morgan fingerprint density at radius 1 is 1.04 bits per heavy atom. The maximum atomic E-state index is 12.7. The van der Waals surface area contributed by atoms with Gasteiger partial charge in [0.25, 0.3) is 0 Å². The second-order valence-corrected chi connectivity index (χ2v) is 8.51. The van der Waals surface area contributed by atoms with Crippen molar-refractivity contribution < 1.29 is 18.3 Å².